The van der Waals surface area contributed by atoms with Crippen molar-refractivity contribution in [3.8, 4) is 11.5 Å². The van der Waals surface area contributed by atoms with Gasteiger partial charge < -0.3 is 14.8 Å². The summed E-state index contributed by atoms with van der Waals surface area (Å²) in [6.07, 6.45) is 1.54. The summed E-state index contributed by atoms with van der Waals surface area (Å²) in [7, 11) is 1.53. The lowest BCUT2D eigenvalue weighted by atomic mass is 10.0. The monoisotopic (exact) mass is 515 g/mol. The number of benzene rings is 4. The van der Waals surface area contributed by atoms with Crippen molar-refractivity contribution in [3.63, 3.8) is 0 Å². The number of carbonyl (C=O) groups excluding carboxylic acids is 2. The van der Waals surface area contributed by atoms with Gasteiger partial charge in [-0.05, 0) is 46.7 Å². The van der Waals surface area contributed by atoms with Crippen molar-refractivity contribution in [2.45, 2.75) is 19.4 Å². The first-order valence-electron chi connectivity index (χ1n) is 11.7. The van der Waals surface area contributed by atoms with Crippen LogP contribution in [0.3, 0.4) is 0 Å². The van der Waals surface area contributed by atoms with Crippen molar-refractivity contribution in [1.82, 2.24) is 5.43 Å². The highest BCUT2D eigenvalue weighted by Gasteiger charge is 2.11. The molecule has 2 amide bonds. The first-order chi connectivity index (χ1) is 18.0. The van der Waals surface area contributed by atoms with Crippen LogP contribution in [0.4, 0.5) is 5.69 Å². The number of carbonyl (C=O) groups is 2. The standard InChI is InChI=1S/C29H26ClN3O4/c1-36-27-9-5-4-8-25(27)32-28(34)16-17-29(35)33-31-18-24-23-7-3-2-6-21(23)12-15-26(24)37-19-20-10-13-22(30)14-11-20/h2-15,18H,16-17,19H2,1H3,(H,32,34)(H,33,35). The molecule has 7 nitrogen and oxygen atoms in total. The van der Waals surface area contributed by atoms with E-state index in [9.17, 15) is 9.59 Å². The maximum atomic E-state index is 12.3. The number of rotatable bonds is 10. The van der Waals surface area contributed by atoms with Crippen molar-refractivity contribution < 1.29 is 19.1 Å². The highest BCUT2D eigenvalue weighted by Crippen LogP contribution is 2.28. The normalized spacial score (nSPS) is 10.9. The van der Waals surface area contributed by atoms with E-state index in [1.165, 1.54) is 7.11 Å². The number of nitrogens with zero attached hydrogens (tertiary/aromatic N) is 1. The minimum absolute atomic E-state index is 0.00310. The second kappa shape index (κ2) is 12.6. The molecule has 0 saturated heterocycles. The Morgan fingerprint density at radius 2 is 1.59 bits per heavy atom. The Balaban J connectivity index is 1.38. The molecule has 0 aromatic heterocycles. The quantitative estimate of drug-likeness (QED) is 0.202. The molecule has 0 heterocycles. The van der Waals surface area contributed by atoms with Gasteiger partial charge in [0.1, 0.15) is 18.1 Å². The minimum Gasteiger partial charge on any atom is -0.495 e. The van der Waals surface area contributed by atoms with Gasteiger partial charge in [0, 0.05) is 23.4 Å². The van der Waals surface area contributed by atoms with Gasteiger partial charge in [-0.1, -0.05) is 66.2 Å². The zero-order valence-electron chi connectivity index (χ0n) is 20.2. The Morgan fingerprint density at radius 3 is 2.41 bits per heavy atom. The fourth-order valence-electron chi connectivity index (χ4n) is 3.69. The first kappa shape index (κ1) is 25.7. The largest absolute Gasteiger partial charge is 0.495 e. The Kier molecular flexibility index (Phi) is 8.73. The van der Waals surface area contributed by atoms with Gasteiger partial charge in [0.25, 0.3) is 0 Å². The minimum atomic E-state index is -0.379. The number of nitrogens with one attached hydrogen (secondary N) is 2. The molecule has 37 heavy (non-hydrogen) atoms. The number of fused-ring (bicyclic) bond motifs is 1. The fourth-order valence-corrected chi connectivity index (χ4v) is 3.81. The fraction of sp³-hybridized carbons (Fsp3) is 0.138. The van der Waals surface area contributed by atoms with Crippen LogP contribution in [-0.4, -0.2) is 25.1 Å². The SMILES string of the molecule is COc1ccccc1NC(=O)CCC(=O)NN=Cc1c(OCc2ccc(Cl)cc2)ccc2ccccc12. The summed E-state index contributed by atoms with van der Waals surface area (Å²) < 4.78 is 11.3. The molecule has 0 aliphatic carbocycles. The van der Waals surface area contributed by atoms with E-state index in [1.54, 1.807) is 24.4 Å². The molecule has 0 bridgehead atoms. The maximum Gasteiger partial charge on any atom is 0.240 e. The molecular formula is C29H26ClN3O4. The van der Waals surface area contributed by atoms with Crippen molar-refractivity contribution >= 4 is 46.1 Å². The van der Waals surface area contributed by atoms with Crippen LogP contribution >= 0.6 is 11.6 Å². The molecule has 4 aromatic rings. The third-order valence-corrected chi connectivity index (χ3v) is 5.83. The van der Waals surface area contributed by atoms with Crippen LogP contribution in [0.25, 0.3) is 10.8 Å². The van der Waals surface area contributed by atoms with Crippen molar-refractivity contribution in [3.05, 3.63) is 101 Å². The van der Waals surface area contributed by atoms with Gasteiger partial charge in [-0.25, -0.2) is 5.43 Å². The average Bonchev–Trinajstić information content (AvgIpc) is 2.92. The average molecular weight is 516 g/mol. The molecule has 8 heteroatoms. The molecule has 0 aliphatic rings. The number of para-hydroxylation sites is 2. The summed E-state index contributed by atoms with van der Waals surface area (Å²) >= 11 is 5.97. The molecule has 188 valence electrons. The number of ether oxygens (including phenoxy) is 2. The number of halogens is 1. The lowest BCUT2D eigenvalue weighted by Gasteiger charge is -2.12. The highest BCUT2D eigenvalue weighted by molar-refractivity contribution is 6.30. The smallest absolute Gasteiger partial charge is 0.240 e. The summed E-state index contributed by atoms with van der Waals surface area (Å²) in [5.41, 5.74) is 4.76. The molecular weight excluding hydrogens is 490 g/mol. The molecule has 0 aliphatic heterocycles. The molecule has 0 atom stereocenters. The van der Waals surface area contributed by atoms with Crippen LogP contribution in [0.2, 0.25) is 5.02 Å². The summed E-state index contributed by atoms with van der Waals surface area (Å²) in [4.78, 5) is 24.6. The van der Waals surface area contributed by atoms with E-state index in [2.05, 4.69) is 15.8 Å². The Hall–Kier alpha value is -4.36. The molecule has 4 aromatic carbocycles. The first-order valence-corrected chi connectivity index (χ1v) is 12.0. The van der Waals surface area contributed by atoms with Crippen LogP contribution < -0.4 is 20.2 Å². The maximum absolute atomic E-state index is 12.3. The number of anilines is 1. The van der Waals surface area contributed by atoms with Gasteiger partial charge in [0.15, 0.2) is 0 Å². The molecule has 0 saturated carbocycles. The molecule has 0 unspecified atom stereocenters. The van der Waals surface area contributed by atoms with E-state index in [4.69, 9.17) is 21.1 Å². The van der Waals surface area contributed by atoms with Gasteiger partial charge in [-0.3, -0.25) is 9.59 Å². The number of hydrazone groups is 1. The second-order valence-electron chi connectivity index (χ2n) is 8.16. The Morgan fingerprint density at radius 1 is 0.865 bits per heavy atom. The third kappa shape index (κ3) is 7.08. The van der Waals surface area contributed by atoms with Crippen molar-refractivity contribution in [2.75, 3.05) is 12.4 Å². The number of hydrogen-bond acceptors (Lipinski definition) is 5. The molecule has 2 N–H and O–H groups in total. The summed E-state index contributed by atoms with van der Waals surface area (Å²) in [5.74, 6) is 0.503. The summed E-state index contributed by atoms with van der Waals surface area (Å²) in [6.45, 7) is 0.351. The van der Waals surface area contributed by atoms with Crippen LogP contribution in [-0.2, 0) is 16.2 Å². The number of hydrogen-bond donors (Lipinski definition) is 2. The zero-order valence-corrected chi connectivity index (χ0v) is 21.0. The molecule has 4 rings (SSSR count). The summed E-state index contributed by atoms with van der Waals surface area (Å²) in [5, 5.41) is 9.50. The van der Waals surface area contributed by atoms with Gasteiger partial charge in [-0.2, -0.15) is 5.10 Å². The van der Waals surface area contributed by atoms with Crippen LogP contribution in [0, 0.1) is 0 Å². The number of methoxy groups -OCH3 is 1. The van der Waals surface area contributed by atoms with E-state index >= 15 is 0 Å². The van der Waals surface area contributed by atoms with Gasteiger partial charge in [-0.15, -0.1) is 0 Å². The zero-order chi connectivity index (χ0) is 26.0. The molecule has 0 fully saturated rings. The predicted octanol–water partition coefficient (Wildman–Crippen LogP) is 5.95. The molecule has 0 spiro atoms. The lowest BCUT2D eigenvalue weighted by molar-refractivity contribution is -0.124. The van der Waals surface area contributed by atoms with E-state index in [-0.39, 0.29) is 24.7 Å². The topological polar surface area (TPSA) is 89.0 Å². The van der Waals surface area contributed by atoms with E-state index in [0.717, 1.165) is 21.9 Å². The number of amides is 2. The lowest BCUT2D eigenvalue weighted by Crippen LogP contribution is -2.20. The van der Waals surface area contributed by atoms with E-state index in [0.29, 0.717) is 28.8 Å². The summed E-state index contributed by atoms with van der Waals surface area (Å²) in [6, 6.07) is 26.2. The van der Waals surface area contributed by atoms with Gasteiger partial charge >= 0.3 is 0 Å². The van der Waals surface area contributed by atoms with Crippen molar-refractivity contribution in [1.29, 1.82) is 0 Å². The Labute approximate surface area is 220 Å². The van der Waals surface area contributed by atoms with Crippen LogP contribution in [0.15, 0.2) is 90.0 Å². The van der Waals surface area contributed by atoms with Crippen LogP contribution in [0.1, 0.15) is 24.0 Å². The van der Waals surface area contributed by atoms with Crippen molar-refractivity contribution in [2.24, 2.45) is 5.10 Å². The van der Waals surface area contributed by atoms with E-state index < -0.39 is 0 Å². The van der Waals surface area contributed by atoms with Gasteiger partial charge in [0.2, 0.25) is 11.8 Å². The second-order valence-corrected chi connectivity index (χ2v) is 8.59. The van der Waals surface area contributed by atoms with E-state index in [1.807, 2.05) is 66.7 Å². The predicted molar refractivity (Wildman–Crippen MR) is 146 cm³/mol. The Bertz CT molecular complexity index is 1420. The molecule has 0 radical (unpaired) electrons. The van der Waals surface area contributed by atoms with Crippen LogP contribution in [0.5, 0.6) is 11.5 Å². The van der Waals surface area contributed by atoms with Gasteiger partial charge in [0.05, 0.1) is 19.0 Å². The highest BCUT2D eigenvalue weighted by atomic mass is 35.5. The third-order valence-electron chi connectivity index (χ3n) is 5.58.